The van der Waals surface area contributed by atoms with Crippen molar-refractivity contribution in [2.45, 2.75) is 18.6 Å². The molecule has 0 atom stereocenters. The molecule has 2 heterocycles. The van der Waals surface area contributed by atoms with Gasteiger partial charge in [0.2, 0.25) is 0 Å². The van der Waals surface area contributed by atoms with Gasteiger partial charge in [-0.05, 0) is 17.7 Å². The number of carbonyl (C=O) groups is 1. The molecule has 5 heteroatoms. The highest BCUT2D eigenvalue weighted by atomic mass is 16.7. The highest BCUT2D eigenvalue weighted by Gasteiger charge is 2.41. The SMILES string of the molecule is N#Cc1ccccc1-c1ccccc1C(=O)N1CCC2(CC1)OCCO2. The van der Waals surface area contributed by atoms with Gasteiger partial charge in [0.1, 0.15) is 0 Å². The van der Waals surface area contributed by atoms with E-state index in [1.165, 1.54) is 0 Å². The van der Waals surface area contributed by atoms with E-state index in [-0.39, 0.29) is 5.91 Å². The van der Waals surface area contributed by atoms with Gasteiger partial charge in [-0.25, -0.2) is 0 Å². The lowest BCUT2D eigenvalue weighted by Gasteiger charge is -2.37. The zero-order valence-electron chi connectivity index (χ0n) is 14.5. The fourth-order valence-corrected chi connectivity index (χ4v) is 3.73. The predicted molar refractivity (Wildman–Crippen MR) is 96.4 cm³/mol. The van der Waals surface area contributed by atoms with Gasteiger partial charge in [0.25, 0.3) is 5.91 Å². The molecule has 26 heavy (non-hydrogen) atoms. The minimum atomic E-state index is -0.496. The van der Waals surface area contributed by atoms with Gasteiger partial charge in [0, 0.05) is 37.1 Å². The van der Waals surface area contributed by atoms with Crippen LogP contribution in [0.4, 0.5) is 0 Å². The number of hydrogen-bond acceptors (Lipinski definition) is 4. The molecule has 0 bridgehead atoms. The first kappa shape index (κ1) is 16.8. The molecule has 132 valence electrons. The number of piperidine rings is 1. The Balaban J connectivity index is 1.61. The number of amides is 1. The van der Waals surface area contributed by atoms with Crippen LogP contribution in [0.1, 0.15) is 28.8 Å². The molecule has 2 aliphatic rings. The zero-order valence-corrected chi connectivity index (χ0v) is 14.5. The summed E-state index contributed by atoms with van der Waals surface area (Å²) < 4.78 is 11.5. The Morgan fingerprint density at radius 2 is 1.58 bits per heavy atom. The van der Waals surface area contributed by atoms with Crippen LogP contribution >= 0.6 is 0 Å². The predicted octanol–water partition coefficient (Wildman–Crippen LogP) is 3.20. The first-order valence-corrected chi connectivity index (χ1v) is 8.88. The average Bonchev–Trinajstić information content (AvgIpc) is 3.16. The summed E-state index contributed by atoms with van der Waals surface area (Å²) in [5.41, 5.74) is 2.77. The van der Waals surface area contributed by atoms with Gasteiger partial charge in [0.15, 0.2) is 5.79 Å². The molecule has 0 saturated carbocycles. The number of likely N-dealkylation sites (tertiary alicyclic amines) is 1. The van der Waals surface area contributed by atoms with E-state index in [0.29, 0.717) is 50.3 Å². The normalized spacial score (nSPS) is 18.7. The van der Waals surface area contributed by atoms with E-state index in [9.17, 15) is 10.1 Å². The summed E-state index contributed by atoms with van der Waals surface area (Å²) in [6, 6.07) is 17.1. The van der Waals surface area contributed by atoms with Crippen molar-refractivity contribution in [3.05, 3.63) is 59.7 Å². The lowest BCUT2D eigenvalue weighted by Crippen LogP contribution is -2.47. The topological polar surface area (TPSA) is 62.6 Å². The first-order valence-electron chi connectivity index (χ1n) is 8.88. The summed E-state index contributed by atoms with van der Waals surface area (Å²) in [4.78, 5) is 15.0. The van der Waals surface area contributed by atoms with Crippen LogP contribution in [0.3, 0.4) is 0 Å². The van der Waals surface area contributed by atoms with Crippen LogP contribution in [0.15, 0.2) is 48.5 Å². The minimum Gasteiger partial charge on any atom is -0.347 e. The van der Waals surface area contributed by atoms with Crippen LogP contribution in [0.2, 0.25) is 0 Å². The molecular formula is C21H20N2O3. The molecule has 0 radical (unpaired) electrons. The summed E-state index contributed by atoms with van der Waals surface area (Å²) in [6.07, 6.45) is 1.38. The average molecular weight is 348 g/mol. The van der Waals surface area contributed by atoms with E-state index in [0.717, 1.165) is 11.1 Å². The van der Waals surface area contributed by atoms with Crippen molar-refractivity contribution in [1.29, 1.82) is 5.26 Å². The van der Waals surface area contributed by atoms with Crippen molar-refractivity contribution in [2.24, 2.45) is 0 Å². The summed E-state index contributed by atoms with van der Waals surface area (Å²) in [5.74, 6) is -0.509. The van der Waals surface area contributed by atoms with Crippen LogP contribution in [-0.4, -0.2) is 42.9 Å². The molecule has 0 unspecified atom stereocenters. The lowest BCUT2D eigenvalue weighted by atomic mass is 9.94. The summed E-state index contributed by atoms with van der Waals surface area (Å²) in [6.45, 7) is 2.46. The molecule has 2 fully saturated rings. The van der Waals surface area contributed by atoms with Crippen LogP contribution in [0, 0.1) is 11.3 Å². The number of rotatable bonds is 2. The number of benzene rings is 2. The Morgan fingerprint density at radius 1 is 0.962 bits per heavy atom. The van der Waals surface area contributed by atoms with Gasteiger partial charge in [-0.3, -0.25) is 4.79 Å². The maximum Gasteiger partial charge on any atom is 0.254 e. The number of ether oxygens (including phenoxy) is 2. The number of hydrogen-bond donors (Lipinski definition) is 0. The molecule has 1 spiro atoms. The summed E-state index contributed by atoms with van der Waals surface area (Å²) >= 11 is 0. The fourth-order valence-electron chi connectivity index (χ4n) is 3.73. The Labute approximate surface area is 152 Å². The Hall–Kier alpha value is -2.68. The van der Waals surface area contributed by atoms with Crippen LogP contribution < -0.4 is 0 Å². The zero-order chi connectivity index (χ0) is 18.0. The third-order valence-electron chi connectivity index (χ3n) is 5.12. The summed E-state index contributed by atoms with van der Waals surface area (Å²) in [7, 11) is 0. The molecular weight excluding hydrogens is 328 g/mol. The quantitative estimate of drug-likeness (QED) is 0.836. The van der Waals surface area contributed by atoms with E-state index in [2.05, 4.69) is 6.07 Å². The van der Waals surface area contributed by atoms with E-state index < -0.39 is 5.79 Å². The van der Waals surface area contributed by atoms with E-state index in [1.54, 1.807) is 6.07 Å². The third-order valence-corrected chi connectivity index (χ3v) is 5.12. The fraction of sp³-hybridized carbons (Fsp3) is 0.333. The highest BCUT2D eigenvalue weighted by molar-refractivity contribution is 6.01. The Kier molecular flexibility index (Phi) is 4.46. The third kappa shape index (κ3) is 2.98. The molecule has 5 nitrogen and oxygen atoms in total. The molecule has 0 aromatic heterocycles. The van der Waals surface area contributed by atoms with Gasteiger partial charge >= 0.3 is 0 Å². The second kappa shape index (κ2) is 6.91. The van der Waals surface area contributed by atoms with Crippen molar-refractivity contribution < 1.29 is 14.3 Å². The van der Waals surface area contributed by atoms with Gasteiger partial charge in [-0.2, -0.15) is 5.26 Å². The monoisotopic (exact) mass is 348 g/mol. The second-order valence-electron chi connectivity index (χ2n) is 6.60. The Bertz CT molecular complexity index is 856. The van der Waals surface area contributed by atoms with Gasteiger partial charge in [-0.1, -0.05) is 36.4 Å². The van der Waals surface area contributed by atoms with Crippen molar-refractivity contribution in [1.82, 2.24) is 4.90 Å². The Morgan fingerprint density at radius 3 is 2.27 bits per heavy atom. The maximum absolute atomic E-state index is 13.2. The van der Waals surface area contributed by atoms with Crippen molar-refractivity contribution in [3.63, 3.8) is 0 Å². The van der Waals surface area contributed by atoms with E-state index in [4.69, 9.17) is 9.47 Å². The highest BCUT2D eigenvalue weighted by Crippen LogP contribution is 2.33. The molecule has 4 rings (SSSR count). The van der Waals surface area contributed by atoms with Gasteiger partial charge in [0.05, 0.1) is 24.8 Å². The molecule has 2 aromatic carbocycles. The summed E-state index contributed by atoms with van der Waals surface area (Å²) in [5, 5.41) is 9.40. The lowest BCUT2D eigenvalue weighted by molar-refractivity contribution is -0.181. The largest absolute Gasteiger partial charge is 0.347 e. The number of carbonyl (C=O) groups excluding carboxylic acids is 1. The number of nitrogens with zero attached hydrogens (tertiary/aromatic N) is 2. The van der Waals surface area contributed by atoms with Gasteiger partial charge in [-0.15, -0.1) is 0 Å². The smallest absolute Gasteiger partial charge is 0.254 e. The van der Waals surface area contributed by atoms with Crippen LogP contribution in [-0.2, 0) is 9.47 Å². The van der Waals surface area contributed by atoms with Crippen molar-refractivity contribution >= 4 is 5.91 Å². The maximum atomic E-state index is 13.2. The second-order valence-corrected chi connectivity index (χ2v) is 6.60. The molecule has 1 amide bonds. The standard InChI is InChI=1S/C21H20N2O3/c22-15-16-5-1-2-6-17(16)18-7-3-4-8-19(18)20(24)23-11-9-21(10-12-23)25-13-14-26-21/h1-8H,9-14H2. The van der Waals surface area contributed by atoms with Crippen molar-refractivity contribution in [2.75, 3.05) is 26.3 Å². The molecule has 0 aliphatic carbocycles. The van der Waals surface area contributed by atoms with E-state index >= 15 is 0 Å². The molecule has 2 saturated heterocycles. The van der Waals surface area contributed by atoms with E-state index in [1.807, 2.05) is 47.4 Å². The van der Waals surface area contributed by atoms with Crippen molar-refractivity contribution in [3.8, 4) is 17.2 Å². The minimum absolute atomic E-state index is 0.0128. The molecule has 2 aliphatic heterocycles. The number of nitriles is 1. The van der Waals surface area contributed by atoms with Crippen LogP contribution in [0.5, 0.6) is 0 Å². The molecule has 2 aromatic rings. The first-order chi connectivity index (χ1) is 12.7. The van der Waals surface area contributed by atoms with Crippen LogP contribution in [0.25, 0.3) is 11.1 Å². The van der Waals surface area contributed by atoms with Gasteiger partial charge < -0.3 is 14.4 Å². The molecule has 0 N–H and O–H groups in total.